The van der Waals surface area contributed by atoms with E-state index in [4.69, 9.17) is 10.6 Å². The number of thiophene rings is 1. The Morgan fingerprint density at radius 2 is 2.29 bits per heavy atom. The van der Waals surface area contributed by atoms with Gasteiger partial charge in [0.15, 0.2) is 0 Å². The highest BCUT2D eigenvalue weighted by Gasteiger charge is 2.13. The zero-order chi connectivity index (χ0) is 12.1. The molecule has 1 atom stereocenters. The van der Waals surface area contributed by atoms with E-state index in [1.165, 1.54) is 15.6 Å². The van der Waals surface area contributed by atoms with Crippen LogP contribution in [0.1, 0.15) is 24.9 Å². The Kier molecular flexibility index (Phi) is 4.50. The molecule has 0 amide bonds. The number of hydrogen-bond acceptors (Lipinski definition) is 4. The maximum atomic E-state index is 5.65. The van der Waals surface area contributed by atoms with E-state index in [0.717, 1.165) is 19.6 Å². The Morgan fingerprint density at radius 3 is 3.06 bits per heavy atom. The molecule has 4 heteroatoms. The highest BCUT2D eigenvalue weighted by atomic mass is 32.1. The third-order valence-corrected chi connectivity index (χ3v) is 3.82. The van der Waals surface area contributed by atoms with Crippen molar-refractivity contribution in [1.29, 1.82) is 0 Å². The minimum Gasteiger partial charge on any atom is -0.382 e. The first-order valence-corrected chi connectivity index (χ1v) is 6.74. The molecule has 0 fully saturated rings. The highest BCUT2D eigenvalue weighted by molar-refractivity contribution is 7.17. The van der Waals surface area contributed by atoms with Crippen LogP contribution in [0.5, 0.6) is 0 Å². The topological polar surface area (TPSA) is 47.3 Å². The van der Waals surface area contributed by atoms with Crippen LogP contribution < -0.4 is 11.3 Å². The number of nitrogens with one attached hydrogen (secondary N) is 1. The van der Waals surface area contributed by atoms with Gasteiger partial charge in [-0.3, -0.25) is 11.3 Å². The second-order valence-electron chi connectivity index (χ2n) is 3.89. The summed E-state index contributed by atoms with van der Waals surface area (Å²) in [6, 6.07) is 8.64. The lowest BCUT2D eigenvalue weighted by molar-refractivity contribution is 0.136. The lowest BCUT2D eigenvalue weighted by Crippen LogP contribution is -2.29. The molecule has 1 heterocycles. The van der Waals surface area contributed by atoms with Gasteiger partial charge in [0.2, 0.25) is 0 Å². The minimum absolute atomic E-state index is 0.156. The Labute approximate surface area is 106 Å². The summed E-state index contributed by atoms with van der Waals surface area (Å²) in [6.45, 7) is 3.48. The van der Waals surface area contributed by atoms with E-state index in [9.17, 15) is 0 Å². The van der Waals surface area contributed by atoms with E-state index in [0.29, 0.717) is 0 Å². The molecule has 0 saturated carbocycles. The van der Waals surface area contributed by atoms with Crippen molar-refractivity contribution >= 4 is 21.4 Å². The molecule has 17 heavy (non-hydrogen) atoms. The van der Waals surface area contributed by atoms with Gasteiger partial charge in [0.05, 0.1) is 0 Å². The highest BCUT2D eigenvalue weighted by Crippen LogP contribution is 2.30. The van der Waals surface area contributed by atoms with Crippen LogP contribution in [0.25, 0.3) is 10.1 Å². The quantitative estimate of drug-likeness (QED) is 0.471. The van der Waals surface area contributed by atoms with Gasteiger partial charge in [0, 0.05) is 24.0 Å². The molecule has 0 bridgehead atoms. The van der Waals surface area contributed by atoms with Gasteiger partial charge in [-0.1, -0.05) is 18.2 Å². The summed E-state index contributed by atoms with van der Waals surface area (Å²) in [4.78, 5) is 0. The largest absolute Gasteiger partial charge is 0.382 e. The lowest BCUT2D eigenvalue weighted by atomic mass is 10.0. The Balaban J connectivity index is 2.20. The normalized spacial score (nSPS) is 13.1. The molecule has 3 N–H and O–H groups in total. The summed E-state index contributed by atoms with van der Waals surface area (Å²) < 4.78 is 6.70. The van der Waals surface area contributed by atoms with E-state index in [2.05, 4.69) is 35.1 Å². The predicted octanol–water partition coefficient (Wildman–Crippen LogP) is 2.83. The summed E-state index contributed by atoms with van der Waals surface area (Å²) in [5.41, 5.74) is 4.15. The third-order valence-electron chi connectivity index (χ3n) is 2.84. The summed E-state index contributed by atoms with van der Waals surface area (Å²) in [5, 5.41) is 3.40. The molecule has 3 nitrogen and oxygen atoms in total. The number of benzene rings is 1. The van der Waals surface area contributed by atoms with Gasteiger partial charge in [0.25, 0.3) is 0 Å². The van der Waals surface area contributed by atoms with Crippen molar-refractivity contribution in [2.24, 2.45) is 5.84 Å². The fourth-order valence-electron chi connectivity index (χ4n) is 1.96. The zero-order valence-electron chi connectivity index (χ0n) is 9.98. The Morgan fingerprint density at radius 1 is 1.41 bits per heavy atom. The van der Waals surface area contributed by atoms with Gasteiger partial charge in [-0.2, -0.15) is 0 Å². The first-order chi connectivity index (χ1) is 8.36. The van der Waals surface area contributed by atoms with E-state index >= 15 is 0 Å². The van der Waals surface area contributed by atoms with Crippen LogP contribution in [0, 0.1) is 0 Å². The van der Waals surface area contributed by atoms with Crippen molar-refractivity contribution in [3.8, 4) is 0 Å². The fourth-order valence-corrected chi connectivity index (χ4v) is 2.93. The summed E-state index contributed by atoms with van der Waals surface area (Å²) in [7, 11) is 0. The Hall–Kier alpha value is -0.940. The summed E-state index contributed by atoms with van der Waals surface area (Å²) >= 11 is 1.76. The summed E-state index contributed by atoms with van der Waals surface area (Å²) in [5.74, 6) is 5.65. The average Bonchev–Trinajstić information content (AvgIpc) is 2.83. The number of ether oxygens (including phenoxy) is 1. The van der Waals surface area contributed by atoms with Gasteiger partial charge in [-0.05, 0) is 35.7 Å². The van der Waals surface area contributed by atoms with Gasteiger partial charge >= 0.3 is 0 Å². The number of nitrogens with two attached hydrogens (primary N) is 1. The molecular weight excluding hydrogens is 232 g/mol. The molecule has 2 aromatic rings. The number of hydrazine groups is 1. The second kappa shape index (κ2) is 6.12. The van der Waals surface area contributed by atoms with Crippen LogP contribution in [0.2, 0.25) is 0 Å². The molecule has 0 aliphatic carbocycles. The second-order valence-corrected chi connectivity index (χ2v) is 4.81. The van der Waals surface area contributed by atoms with Crippen molar-refractivity contribution in [3.05, 3.63) is 35.2 Å². The molecule has 0 saturated heterocycles. The zero-order valence-corrected chi connectivity index (χ0v) is 10.8. The van der Waals surface area contributed by atoms with E-state index in [1.54, 1.807) is 11.3 Å². The molecule has 0 radical (unpaired) electrons. The molecule has 1 aromatic carbocycles. The molecule has 0 aliphatic heterocycles. The predicted molar refractivity (Wildman–Crippen MR) is 73.0 cm³/mol. The monoisotopic (exact) mass is 250 g/mol. The van der Waals surface area contributed by atoms with Gasteiger partial charge in [-0.25, -0.2) is 0 Å². The van der Waals surface area contributed by atoms with E-state index < -0.39 is 0 Å². The molecule has 92 valence electrons. The number of hydrogen-bond donors (Lipinski definition) is 2. The van der Waals surface area contributed by atoms with Gasteiger partial charge in [-0.15, -0.1) is 11.3 Å². The SMILES string of the molecule is CCOCCC(NN)c1cccc2ccsc12. The maximum absolute atomic E-state index is 5.65. The van der Waals surface area contributed by atoms with Gasteiger partial charge in [0.1, 0.15) is 0 Å². The van der Waals surface area contributed by atoms with Crippen molar-refractivity contribution in [2.75, 3.05) is 13.2 Å². The van der Waals surface area contributed by atoms with Crippen LogP contribution in [0.15, 0.2) is 29.6 Å². The van der Waals surface area contributed by atoms with Gasteiger partial charge < -0.3 is 4.74 Å². The molecule has 2 rings (SSSR count). The molecule has 1 unspecified atom stereocenters. The fraction of sp³-hybridized carbons (Fsp3) is 0.385. The van der Waals surface area contributed by atoms with E-state index in [1.807, 2.05) is 6.92 Å². The number of rotatable bonds is 6. The van der Waals surface area contributed by atoms with Crippen LogP contribution in [0.4, 0.5) is 0 Å². The first-order valence-electron chi connectivity index (χ1n) is 5.86. The molecule has 1 aromatic heterocycles. The van der Waals surface area contributed by atoms with Crippen LogP contribution >= 0.6 is 11.3 Å². The van der Waals surface area contributed by atoms with Crippen molar-refractivity contribution in [2.45, 2.75) is 19.4 Å². The minimum atomic E-state index is 0.156. The smallest absolute Gasteiger partial charge is 0.0496 e. The van der Waals surface area contributed by atoms with Crippen molar-refractivity contribution < 1.29 is 4.74 Å². The maximum Gasteiger partial charge on any atom is 0.0496 e. The van der Waals surface area contributed by atoms with Crippen LogP contribution in [-0.4, -0.2) is 13.2 Å². The molecule has 0 aliphatic rings. The third kappa shape index (κ3) is 2.84. The summed E-state index contributed by atoms with van der Waals surface area (Å²) in [6.07, 6.45) is 0.890. The van der Waals surface area contributed by atoms with E-state index in [-0.39, 0.29) is 6.04 Å². The van der Waals surface area contributed by atoms with Crippen molar-refractivity contribution in [3.63, 3.8) is 0 Å². The number of fused-ring (bicyclic) bond motifs is 1. The lowest BCUT2D eigenvalue weighted by Gasteiger charge is -2.17. The standard InChI is InChI=1S/C13H18N2OS/c1-2-16-8-6-12(15-14)11-5-3-4-10-7-9-17-13(10)11/h3-5,7,9,12,15H,2,6,8,14H2,1H3. The van der Waals surface area contributed by atoms with Crippen LogP contribution in [-0.2, 0) is 4.74 Å². The first kappa shape index (κ1) is 12.5. The average molecular weight is 250 g/mol. The molecular formula is C13H18N2OS. The molecule has 0 spiro atoms. The van der Waals surface area contributed by atoms with Crippen LogP contribution in [0.3, 0.4) is 0 Å². The van der Waals surface area contributed by atoms with Crippen molar-refractivity contribution in [1.82, 2.24) is 5.43 Å². The Bertz CT molecular complexity index is 469.